The van der Waals surface area contributed by atoms with Crippen LogP contribution in [-0.4, -0.2) is 33.1 Å². The number of hydrogen-bond donors (Lipinski definition) is 1. The maximum atomic E-state index is 12.9. The van der Waals surface area contributed by atoms with Crippen molar-refractivity contribution in [1.82, 2.24) is 14.9 Å². The van der Waals surface area contributed by atoms with Crippen molar-refractivity contribution in [3.05, 3.63) is 60.9 Å². The zero-order valence-corrected chi connectivity index (χ0v) is 16.1. The van der Waals surface area contributed by atoms with E-state index in [-0.39, 0.29) is 11.7 Å². The quantitative estimate of drug-likeness (QED) is 0.398. The van der Waals surface area contributed by atoms with Crippen LogP contribution >= 0.6 is 11.8 Å². The first-order valence-corrected chi connectivity index (χ1v) is 9.83. The summed E-state index contributed by atoms with van der Waals surface area (Å²) in [5.74, 6) is 7.18. The number of rotatable bonds is 6. The molecule has 0 atom stereocenters. The van der Waals surface area contributed by atoms with Crippen molar-refractivity contribution in [2.24, 2.45) is 0 Å². The number of benzene rings is 2. The van der Waals surface area contributed by atoms with Crippen LogP contribution in [0, 0.1) is 0 Å². The van der Waals surface area contributed by atoms with Crippen molar-refractivity contribution in [2.45, 2.75) is 12.1 Å². The molecule has 2 heterocycles. The Kier molecular flexibility index (Phi) is 5.03. The van der Waals surface area contributed by atoms with E-state index in [1.807, 2.05) is 49.4 Å². The van der Waals surface area contributed by atoms with E-state index in [1.165, 1.54) is 16.4 Å². The number of furan rings is 1. The molecule has 2 N–H and O–H groups in total. The van der Waals surface area contributed by atoms with E-state index in [2.05, 4.69) is 10.2 Å². The Morgan fingerprint density at radius 1 is 1.14 bits per heavy atom. The predicted molar refractivity (Wildman–Crippen MR) is 111 cm³/mol. The number of fused-ring (bicyclic) bond motifs is 1. The van der Waals surface area contributed by atoms with Gasteiger partial charge in [0.05, 0.1) is 17.7 Å². The SMILES string of the molecule is CCN(C(=O)CSc1nnc(-c2ccco2)n1N)c1cccc2ccccc12. The number of amides is 1. The topological polar surface area (TPSA) is 90.2 Å². The van der Waals surface area contributed by atoms with Gasteiger partial charge in [0.1, 0.15) is 0 Å². The Morgan fingerprint density at radius 2 is 1.96 bits per heavy atom. The molecule has 0 radical (unpaired) electrons. The molecule has 0 unspecified atom stereocenters. The predicted octanol–water partition coefficient (Wildman–Crippen LogP) is 3.55. The maximum Gasteiger partial charge on any atom is 0.237 e. The molecule has 0 bridgehead atoms. The number of hydrogen-bond acceptors (Lipinski definition) is 6. The number of nitrogens with two attached hydrogens (primary N) is 1. The number of carbonyl (C=O) groups excluding carboxylic acids is 1. The van der Waals surface area contributed by atoms with Crippen LogP contribution in [0.4, 0.5) is 5.69 Å². The second kappa shape index (κ2) is 7.77. The number of carbonyl (C=O) groups is 1. The highest BCUT2D eigenvalue weighted by atomic mass is 32.2. The molecule has 1 amide bonds. The van der Waals surface area contributed by atoms with E-state index < -0.39 is 0 Å². The number of thioether (sulfide) groups is 1. The van der Waals surface area contributed by atoms with E-state index in [9.17, 15) is 4.79 Å². The average Bonchev–Trinajstić information content (AvgIpc) is 3.37. The fraction of sp³-hybridized carbons (Fsp3) is 0.150. The molecule has 4 rings (SSSR count). The van der Waals surface area contributed by atoms with Crippen molar-refractivity contribution in [1.29, 1.82) is 0 Å². The standard InChI is InChI=1S/C20H19N5O2S/c1-2-24(16-10-5-8-14-7-3-4-9-15(14)16)18(26)13-28-20-23-22-19(25(20)21)17-11-6-12-27-17/h3-12H,2,13,21H2,1H3. The lowest BCUT2D eigenvalue weighted by molar-refractivity contribution is -0.116. The summed E-state index contributed by atoms with van der Waals surface area (Å²) in [4.78, 5) is 14.7. The molecule has 4 aromatic rings. The van der Waals surface area contributed by atoms with E-state index >= 15 is 0 Å². The van der Waals surface area contributed by atoms with Gasteiger partial charge in [0.25, 0.3) is 0 Å². The molecule has 2 aromatic carbocycles. The number of nitrogens with zero attached hydrogens (tertiary/aromatic N) is 4. The number of anilines is 1. The summed E-state index contributed by atoms with van der Waals surface area (Å²) in [5, 5.41) is 10.7. The van der Waals surface area contributed by atoms with Crippen molar-refractivity contribution >= 4 is 34.1 Å². The van der Waals surface area contributed by atoms with Gasteiger partial charge in [-0.3, -0.25) is 4.79 Å². The summed E-state index contributed by atoms with van der Waals surface area (Å²) < 4.78 is 6.64. The van der Waals surface area contributed by atoms with E-state index in [4.69, 9.17) is 10.3 Å². The first-order chi connectivity index (χ1) is 13.7. The van der Waals surface area contributed by atoms with Gasteiger partial charge in [0.15, 0.2) is 5.76 Å². The van der Waals surface area contributed by atoms with E-state index in [0.29, 0.717) is 23.3 Å². The Labute approximate surface area is 166 Å². The first-order valence-electron chi connectivity index (χ1n) is 8.84. The van der Waals surface area contributed by atoms with Gasteiger partial charge in [0, 0.05) is 11.9 Å². The summed E-state index contributed by atoms with van der Waals surface area (Å²) in [6, 6.07) is 17.5. The molecule has 142 valence electrons. The first kappa shape index (κ1) is 18.1. The summed E-state index contributed by atoms with van der Waals surface area (Å²) in [6.07, 6.45) is 1.55. The van der Waals surface area contributed by atoms with Gasteiger partial charge in [-0.1, -0.05) is 48.2 Å². The van der Waals surface area contributed by atoms with Gasteiger partial charge < -0.3 is 15.2 Å². The maximum absolute atomic E-state index is 12.9. The van der Waals surface area contributed by atoms with Crippen LogP contribution in [0.5, 0.6) is 0 Å². The van der Waals surface area contributed by atoms with Gasteiger partial charge in [-0.2, -0.15) is 0 Å². The monoisotopic (exact) mass is 393 g/mol. The van der Waals surface area contributed by atoms with Gasteiger partial charge in [0.2, 0.25) is 16.9 Å². The molecule has 0 saturated heterocycles. The molecule has 7 nitrogen and oxygen atoms in total. The van der Waals surface area contributed by atoms with E-state index in [1.54, 1.807) is 23.3 Å². The van der Waals surface area contributed by atoms with Crippen LogP contribution in [0.2, 0.25) is 0 Å². The van der Waals surface area contributed by atoms with Crippen molar-refractivity contribution in [3.8, 4) is 11.6 Å². The molecule has 0 fully saturated rings. The minimum atomic E-state index is -0.0219. The Bertz CT molecular complexity index is 1100. The second-order valence-electron chi connectivity index (χ2n) is 6.08. The van der Waals surface area contributed by atoms with Crippen LogP contribution < -0.4 is 10.7 Å². The van der Waals surface area contributed by atoms with Gasteiger partial charge in [-0.25, -0.2) is 4.68 Å². The van der Waals surface area contributed by atoms with Crippen LogP contribution in [0.1, 0.15) is 6.92 Å². The molecule has 0 aliphatic rings. The van der Waals surface area contributed by atoms with Crippen molar-refractivity contribution in [2.75, 3.05) is 23.0 Å². The third-order valence-electron chi connectivity index (χ3n) is 4.41. The normalized spacial score (nSPS) is 11.0. The molecule has 0 aliphatic carbocycles. The van der Waals surface area contributed by atoms with Gasteiger partial charge >= 0.3 is 0 Å². The fourth-order valence-electron chi connectivity index (χ4n) is 3.08. The highest BCUT2D eigenvalue weighted by Crippen LogP contribution is 2.28. The van der Waals surface area contributed by atoms with Crippen molar-refractivity contribution in [3.63, 3.8) is 0 Å². The minimum Gasteiger partial charge on any atom is -0.461 e. The van der Waals surface area contributed by atoms with Crippen LogP contribution in [-0.2, 0) is 4.79 Å². The molecule has 2 aromatic heterocycles. The third-order valence-corrected chi connectivity index (χ3v) is 5.33. The molecular weight excluding hydrogens is 374 g/mol. The summed E-state index contributed by atoms with van der Waals surface area (Å²) in [6.45, 7) is 2.53. The lowest BCUT2D eigenvalue weighted by atomic mass is 10.1. The summed E-state index contributed by atoms with van der Waals surface area (Å²) in [5.41, 5.74) is 0.900. The van der Waals surface area contributed by atoms with Crippen molar-refractivity contribution < 1.29 is 9.21 Å². The summed E-state index contributed by atoms with van der Waals surface area (Å²) in [7, 11) is 0. The van der Waals surface area contributed by atoms with Gasteiger partial charge in [-0.15, -0.1) is 10.2 Å². The fourth-order valence-corrected chi connectivity index (χ4v) is 3.81. The number of aromatic nitrogens is 3. The second-order valence-corrected chi connectivity index (χ2v) is 7.02. The molecule has 0 saturated carbocycles. The Morgan fingerprint density at radius 3 is 2.75 bits per heavy atom. The third kappa shape index (κ3) is 3.34. The number of nitrogen functional groups attached to an aromatic ring is 1. The van der Waals surface area contributed by atoms with Crippen LogP contribution in [0.15, 0.2) is 70.4 Å². The molecule has 28 heavy (non-hydrogen) atoms. The average molecular weight is 393 g/mol. The lowest BCUT2D eigenvalue weighted by Gasteiger charge is -2.22. The molecular formula is C20H19N5O2S. The van der Waals surface area contributed by atoms with Gasteiger partial charge in [-0.05, 0) is 30.5 Å². The van der Waals surface area contributed by atoms with Crippen LogP contribution in [0.25, 0.3) is 22.4 Å². The smallest absolute Gasteiger partial charge is 0.237 e. The molecule has 8 heteroatoms. The Balaban J connectivity index is 1.53. The highest BCUT2D eigenvalue weighted by Gasteiger charge is 2.19. The zero-order chi connectivity index (χ0) is 19.5. The minimum absolute atomic E-state index is 0.0219. The zero-order valence-electron chi connectivity index (χ0n) is 15.3. The summed E-state index contributed by atoms with van der Waals surface area (Å²) >= 11 is 1.25. The lowest BCUT2D eigenvalue weighted by Crippen LogP contribution is -2.32. The van der Waals surface area contributed by atoms with Crippen LogP contribution in [0.3, 0.4) is 0 Å². The Hall–Kier alpha value is -3.26. The molecule has 0 aliphatic heterocycles. The largest absolute Gasteiger partial charge is 0.461 e. The highest BCUT2D eigenvalue weighted by molar-refractivity contribution is 7.99. The molecule has 0 spiro atoms. The van der Waals surface area contributed by atoms with E-state index in [0.717, 1.165) is 16.5 Å².